The fraction of sp³-hybridized carbons (Fsp3) is 0.429. The Morgan fingerprint density at radius 3 is 2.89 bits per heavy atom. The zero-order chi connectivity index (χ0) is 12.4. The van der Waals surface area contributed by atoms with Gasteiger partial charge in [-0.05, 0) is 30.5 Å². The Hall–Kier alpha value is -1.84. The van der Waals surface area contributed by atoms with Crippen LogP contribution in [0, 0.1) is 0 Å². The Kier molecular flexibility index (Phi) is 3.00. The highest BCUT2D eigenvalue weighted by molar-refractivity contribution is 5.65. The van der Waals surface area contributed by atoms with E-state index >= 15 is 0 Å². The molecule has 18 heavy (non-hydrogen) atoms. The van der Waals surface area contributed by atoms with Crippen molar-refractivity contribution in [3.63, 3.8) is 0 Å². The summed E-state index contributed by atoms with van der Waals surface area (Å²) in [4.78, 5) is 4.44. The Balaban J connectivity index is 1.71. The molecule has 0 aliphatic heterocycles. The summed E-state index contributed by atoms with van der Waals surface area (Å²) in [5.41, 5.74) is 1.14. The van der Waals surface area contributed by atoms with E-state index in [0.29, 0.717) is 11.8 Å². The zero-order valence-corrected chi connectivity index (χ0v) is 10.5. The summed E-state index contributed by atoms with van der Waals surface area (Å²) >= 11 is 0. The molecule has 0 atom stereocenters. The van der Waals surface area contributed by atoms with Crippen LogP contribution in [0.2, 0.25) is 0 Å². The molecule has 0 N–H and O–H groups in total. The van der Waals surface area contributed by atoms with Crippen LogP contribution < -0.4 is 0 Å². The molecule has 94 valence electrons. The Morgan fingerprint density at radius 2 is 2.17 bits per heavy atom. The van der Waals surface area contributed by atoms with Crippen molar-refractivity contribution in [3.8, 4) is 0 Å². The minimum atomic E-state index is 0.507. The molecule has 0 amide bonds. The smallest absolute Gasteiger partial charge is 0.250 e. The number of rotatable bonds is 3. The molecule has 1 aliphatic rings. The van der Waals surface area contributed by atoms with E-state index in [2.05, 4.69) is 10.1 Å². The van der Waals surface area contributed by atoms with E-state index in [4.69, 9.17) is 4.52 Å². The topological polar surface area (TPSA) is 43.9 Å². The van der Waals surface area contributed by atoms with Gasteiger partial charge in [0, 0.05) is 31.4 Å². The molecule has 1 fully saturated rings. The van der Waals surface area contributed by atoms with Gasteiger partial charge in [-0.2, -0.15) is 4.98 Å². The summed E-state index contributed by atoms with van der Waals surface area (Å²) in [6.45, 7) is 0. The van der Waals surface area contributed by atoms with Crippen molar-refractivity contribution in [3.05, 3.63) is 35.7 Å². The van der Waals surface area contributed by atoms with E-state index in [9.17, 15) is 0 Å². The Bertz CT molecular complexity index is 547. The first-order chi connectivity index (χ1) is 8.81. The van der Waals surface area contributed by atoms with Crippen LogP contribution in [0.4, 0.5) is 0 Å². The lowest BCUT2D eigenvalue weighted by Gasteiger charge is -1.98. The lowest BCUT2D eigenvalue weighted by molar-refractivity contribution is 0.398. The first kappa shape index (κ1) is 11.3. The van der Waals surface area contributed by atoms with Crippen molar-refractivity contribution in [1.29, 1.82) is 0 Å². The summed E-state index contributed by atoms with van der Waals surface area (Å²) in [7, 11) is 2.00. The van der Waals surface area contributed by atoms with Crippen molar-refractivity contribution in [2.45, 2.75) is 31.6 Å². The minimum Gasteiger partial charge on any atom is -0.357 e. The first-order valence-electron chi connectivity index (χ1n) is 6.45. The van der Waals surface area contributed by atoms with Gasteiger partial charge < -0.3 is 9.09 Å². The van der Waals surface area contributed by atoms with Gasteiger partial charge in [0.05, 0.1) is 0 Å². The predicted molar refractivity (Wildman–Crippen MR) is 69.8 cm³/mol. The van der Waals surface area contributed by atoms with Gasteiger partial charge in [0.2, 0.25) is 0 Å². The molecule has 0 saturated heterocycles. The van der Waals surface area contributed by atoms with Crippen LogP contribution in [0.5, 0.6) is 0 Å². The van der Waals surface area contributed by atoms with E-state index < -0.39 is 0 Å². The normalized spacial score (nSPS) is 16.9. The molecule has 0 radical (unpaired) electrons. The third-order valence-electron chi connectivity index (χ3n) is 3.45. The molecule has 1 saturated carbocycles. The summed E-state index contributed by atoms with van der Waals surface area (Å²) in [5.74, 6) is 1.98. The monoisotopic (exact) mass is 243 g/mol. The number of hydrogen-bond donors (Lipinski definition) is 0. The van der Waals surface area contributed by atoms with Gasteiger partial charge in [-0.3, -0.25) is 0 Å². The first-order valence-corrected chi connectivity index (χ1v) is 6.45. The second kappa shape index (κ2) is 4.80. The van der Waals surface area contributed by atoms with Crippen molar-refractivity contribution in [2.75, 3.05) is 0 Å². The molecule has 4 heteroatoms. The van der Waals surface area contributed by atoms with Crippen molar-refractivity contribution in [2.24, 2.45) is 7.05 Å². The number of aryl methyl sites for hydroxylation is 1. The van der Waals surface area contributed by atoms with Crippen LogP contribution in [-0.2, 0) is 7.05 Å². The fourth-order valence-electron chi connectivity index (χ4n) is 2.46. The molecule has 2 heterocycles. The van der Waals surface area contributed by atoms with Crippen LogP contribution in [-0.4, -0.2) is 14.7 Å². The summed E-state index contributed by atoms with van der Waals surface area (Å²) in [5, 5.41) is 4.07. The number of aromatic nitrogens is 3. The van der Waals surface area contributed by atoms with Gasteiger partial charge in [-0.15, -0.1) is 0 Å². The van der Waals surface area contributed by atoms with E-state index in [1.165, 1.54) is 25.7 Å². The van der Waals surface area contributed by atoms with Crippen LogP contribution in [0.1, 0.15) is 48.9 Å². The average Bonchev–Trinajstić information content (AvgIpc) is 3.07. The van der Waals surface area contributed by atoms with Crippen molar-refractivity contribution >= 4 is 12.2 Å². The molecule has 3 rings (SSSR count). The average molecular weight is 243 g/mol. The van der Waals surface area contributed by atoms with Gasteiger partial charge in [0.15, 0.2) is 5.82 Å². The van der Waals surface area contributed by atoms with E-state index in [-0.39, 0.29) is 0 Å². The number of hydrogen-bond acceptors (Lipinski definition) is 3. The molecule has 1 aliphatic carbocycles. The lowest BCUT2D eigenvalue weighted by Crippen LogP contribution is -1.94. The maximum absolute atomic E-state index is 5.25. The summed E-state index contributed by atoms with van der Waals surface area (Å²) < 4.78 is 7.26. The Labute approximate surface area is 106 Å². The van der Waals surface area contributed by atoms with E-state index in [1.807, 2.05) is 42.2 Å². The van der Waals surface area contributed by atoms with Crippen LogP contribution in [0.25, 0.3) is 12.2 Å². The highest BCUT2D eigenvalue weighted by atomic mass is 16.5. The van der Waals surface area contributed by atoms with Gasteiger partial charge in [0.1, 0.15) is 0 Å². The van der Waals surface area contributed by atoms with Gasteiger partial charge in [0.25, 0.3) is 5.89 Å². The largest absolute Gasteiger partial charge is 0.357 e. The highest BCUT2D eigenvalue weighted by Gasteiger charge is 2.21. The van der Waals surface area contributed by atoms with E-state index in [0.717, 1.165) is 11.4 Å². The predicted octanol–water partition coefficient (Wildman–Crippen LogP) is 3.24. The number of nitrogens with zero attached hydrogens (tertiary/aromatic N) is 3. The van der Waals surface area contributed by atoms with Gasteiger partial charge in [-0.1, -0.05) is 18.0 Å². The molecule has 0 unspecified atom stereocenters. The van der Waals surface area contributed by atoms with Crippen LogP contribution >= 0.6 is 0 Å². The molecule has 0 aromatic carbocycles. The molecule has 0 spiro atoms. The molecular weight excluding hydrogens is 226 g/mol. The van der Waals surface area contributed by atoms with E-state index in [1.54, 1.807) is 0 Å². The molecule has 0 bridgehead atoms. The molecule has 4 nitrogen and oxygen atoms in total. The maximum Gasteiger partial charge on any atom is 0.250 e. The van der Waals surface area contributed by atoms with Gasteiger partial charge >= 0.3 is 0 Å². The Morgan fingerprint density at radius 1 is 1.33 bits per heavy atom. The zero-order valence-electron chi connectivity index (χ0n) is 10.5. The quantitative estimate of drug-likeness (QED) is 0.831. The summed E-state index contributed by atoms with van der Waals surface area (Å²) in [6, 6.07) is 2.05. The maximum atomic E-state index is 5.25. The second-order valence-electron chi connectivity index (χ2n) is 4.92. The molecule has 2 aromatic rings. The summed E-state index contributed by atoms with van der Waals surface area (Å²) in [6.07, 6.45) is 12.9. The molecule has 2 aromatic heterocycles. The standard InChI is InChI=1S/C14H17N3O/c1-17-9-8-11(10-17)6-7-13-15-14(16-18-13)12-4-2-3-5-12/h6-10,12H,2-5H2,1H3/b7-6+. The van der Waals surface area contributed by atoms with Gasteiger partial charge in [-0.25, -0.2) is 0 Å². The SMILES string of the molecule is Cn1ccc(/C=C/c2nc(C3CCCC3)no2)c1. The second-order valence-corrected chi connectivity index (χ2v) is 4.92. The lowest BCUT2D eigenvalue weighted by atomic mass is 10.1. The van der Waals surface area contributed by atoms with Crippen LogP contribution in [0.15, 0.2) is 23.0 Å². The van der Waals surface area contributed by atoms with Crippen molar-refractivity contribution in [1.82, 2.24) is 14.7 Å². The molecular formula is C14H17N3O. The third kappa shape index (κ3) is 2.37. The fourth-order valence-corrected chi connectivity index (χ4v) is 2.46. The van der Waals surface area contributed by atoms with Crippen LogP contribution in [0.3, 0.4) is 0 Å². The highest BCUT2D eigenvalue weighted by Crippen LogP contribution is 2.32. The van der Waals surface area contributed by atoms with Crippen molar-refractivity contribution < 1.29 is 4.52 Å². The third-order valence-corrected chi connectivity index (χ3v) is 3.45. The minimum absolute atomic E-state index is 0.507.